The fourth-order valence-electron chi connectivity index (χ4n) is 1.45. The largest absolute Gasteiger partial charge is 0.478 e. The van der Waals surface area contributed by atoms with E-state index in [9.17, 15) is 9.59 Å². The van der Waals surface area contributed by atoms with Crippen molar-refractivity contribution < 1.29 is 24.9 Å². The summed E-state index contributed by atoms with van der Waals surface area (Å²) in [5, 5.41) is 24.8. The lowest BCUT2D eigenvalue weighted by Gasteiger charge is -1.95. The number of aliphatic hydroxyl groups excluding tert-OH is 1. The van der Waals surface area contributed by atoms with Gasteiger partial charge in [-0.1, -0.05) is 69.0 Å². The van der Waals surface area contributed by atoms with E-state index in [0.29, 0.717) is 18.4 Å². The van der Waals surface area contributed by atoms with Crippen molar-refractivity contribution in [1.82, 2.24) is 0 Å². The van der Waals surface area contributed by atoms with Crippen molar-refractivity contribution in [2.75, 3.05) is 6.61 Å². The second kappa shape index (κ2) is 17.2. The third-order valence-electron chi connectivity index (χ3n) is 3.09. The minimum atomic E-state index is -0.927. The van der Waals surface area contributed by atoms with Crippen molar-refractivity contribution in [3.05, 3.63) is 66.3 Å². The van der Waals surface area contributed by atoms with Gasteiger partial charge < -0.3 is 15.3 Å². The SMILES string of the molecule is C=C(CCCC)C(=O)O.C=Cc1ccccc1.CC(=CCCO)C(=O)O. The number of rotatable bonds is 8. The van der Waals surface area contributed by atoms with Crippen LogP contribution in [0, 0.1) is 0 Å². The molecule has 3 N–H and O–H groups in total. The van der Waals surface area contributed by atoms with Gasteiger partial charge in [-0.3, -0.25) is 0 Å². The van der Waals surface area contributed by atoms with Crippen LogP contribution in [0.4, 0.5) is 0 Å². The maximum absolute atomic E-state index is 10.1. The first-order valence-corrected chi connectivity index (χ1v) is 8.39. The summed E-state index contributed by atoms with van der Waals surface area (Å²) in [6, 6.07) is 10.0. The topological polar surface area (TPSA) is 94.8 Å². The summed E-state index contributed by atoms with van der Waals surface area (Å²) in [6.07, 6.45) is 6.30. The predicted molar refractivity (Wildman–Crippen MR) is 106 cm³/mol. The van der Waals surface area contributed by atoms with E-state index in [1.165, 1.54) is 18.6 Å². The Hall–Kier alpha value is -2.66. The van der Waals surface area contributed by atoms with Crippen molar-refractivity contribution in [2.45, 2.75) is 39.5 Å². The highest BCUT2D eigenvalue weighted by molar-refractivity contribution is 5.86. The number of benzene rings is 1. The summed E-state index contributed by atoms with van der Waals surface area (Å²) in [6.45, 7) is 10.5. The fraction of sp³-hybridized carbons (Fsp3) is 0.333. The van der Waals surface area contributed by atoms with Crippen LogP contribution >= 0.6 is 0 Å². The monoisotopic (exact) mass is 362 g/mol. The third-order valence-corrected chi connectivity index (χ3v) is 3.09. The molecule has 1 aromatic carbocycles. The molecule has 0 saturated heterocycles. The number of carboxylic acids is 2. The molecule has 144 valence electrons. The summed E-state index contributed by atoms with van der Waals surface area (Å²) in [5.41, 5.74) is 1.77. The highest BCUT2D eigenvalue weighted by Crippen LogP contribution is 2.03. The molecule has 0 radical (unpaired) electrons. The predicted octanol–water partition coefficient (Wildman–Crippen LogP) is 4.55. The Bertz CT molecular complexity index is 573. The van der Waals surface area contributed by atoms with Gasteiger partial charge in [0, 0.05) is 17.8 Å². The molecule has 0 aliphatic rings. The molecular formula is C21H30O5. The van der Waals surface area contributed by atoms with Gasteiger partial charge in [-0.15, -0.1) is 0 Å². The zero-order valence-corrected chi connectivity index (χ0v) is 15.6. The molecule has 26 heavy (non-hydrogen) atoms. The van der Waals surface area contributed by atoms with Gasteiger partial charge in [0.1, 0.15) is 0 Å². The number of carboxylic acid groups (broad SMARTS) is 2. The zero-order chi connectivity index (χ0) is 20.4. The average molecular weight is 362 g/mol. The Morgan fingerprint density at radius 3 is 2.04 bits per heavy atom. The summed E-state index contributed by atoms with van der Waals surface area (Å²) >= 11 is 0. The van der Waals surface area contributed by atoms with E-state index in [2.05, 4.69) is 13.2 Å². The molecule has 1 rings (SSSR count). The molecule has 0 aromatic heterocycles. The van der Waals surface area contributed by atoms with Crippen LogP contribution < -0.4 is 0 Å². The van der Waals surface area contributed by atoms with Gasteiger partial charge in [0.25, 0.3) is 0 Å². The van der Waals surface area contributed by atoms with Crippen molar-refractivity contribution in [3.63, 3.8) is 0 Å². The highest BCUT2D eigenvalue weighted by Gasteiger charge is 2.00. The summed E-state index contributed by atoms with van der Waals surface area (Å²) < 4.78 is 0. The average Bonchev–Trinajstić information content (AvgIpc) is 2.65. The zero-order valence-electron chi connectivity index (χ0n) is 15.6. The van der Waals surface area contributed by atoms with Gasteiger partial charge in [-0.25, -0.2) is 9.59 Å². The van der Waals surface area contributed by atoms with Crippen molar-refractivity contribution in [3.8, 4) is 0 Å². The van der Waals surface area contributed by atoms with E-state index in [0.717, 1.165) is 12.8 Å². The second-order valence-corrected chi connectivity index (χ2v) is 5.33. The highest BCUT2D eigenvalue weighted by atomic mass is 16.4. The van der Waals surface area contributed by atoms with Crippen molar-refractivity contribution in [1.29, 1.82) is 0 Å². The van der Waals surface area contributed by atoms with E-state index in [1.807, 2.05) is 43.3 Å². The van der Waals surface area contributed by atoms with Crippen LogP contribution in [0.5, 0.6) is 0 Å². The Labute approximate surface area is 156 Å². The third kappa shape index (κ3) is 16.2. The van der Waals surface area contributed by atoms with E-state index >= 15 is 0 Å². The quantitative estimate of drug-likeness (QED) is 0.590. The molecule has 0 saturated carbocycles. The number of hydrogen-bond donors (Lipinski definition) is 3. The first kappa shape index (κ1) is 25.6. The lowest BCUT2D eigenvalue weighted by Crippen LogP contribution is -1.97. The summed E-state index contributed by atoms with van der Waals surface area (Å²) in [4.78, 5) is 20.2. The molecule has 0 spiro atoms. The van der Waals surface area contributed by atoms with E-state index in [4.69, 9.17) is 15.3 Å². The van der Waals surface area contributed by atoms with Crippen LogP contribution in [-0.2, 0) is 9.59 Å². The van der Waals surface area contributed by atoms with E-state index in [-0.39, 0.29) is 12.2 Å². The molecule has 0 aliphatic heterocycles. The summed E-state index contributed by atoms with van der Waals surface area (Å²) in [5.74, 6) is -1.80. The van der Waals surface area contributed by atoms with Gasteiger partial charge in [0.05, 0.1) is 0 Å². The molecule has 5 heteroatoms. The smallest absolute Gasteiger partial charge is 0.330 e. The van der Waals surface area contributed by atoms with Crippen LogP contribution in [0.15, 0.2) is 60.7 Å². The van der Waals surface area contributed by atoms with Crippen molar-refractivity contribution >= 4 is 18.0 Å². The van der Waals surface area contributed by atoms with Gasteiger partial charge in [0.2, 0.25) is 0 Å². The minimum Gasteiger partial charge on any atom is -0.478 e. The standard InChI is InChI=1S/C8H8.C7H12O2.C6H10O3/c1-2-8-6-4-3-5-7-8;1-3-4-5-6(2)7(8)9;1-5(6(8)9)3-2-4-7/h2-7H,1H2;2-5H2,1H3,(H,8,9);3,7H,2,4H2,1H3,(H,8,9). The maximum atomic E-state index is 10.1. The van der Waals surface area contributed by atoms with Gasteiger partial charge in [-0.2, -0.15) is 0 Å². The van der Waals surface area contributed by atoms with Crippen molar-refractivity contribution in [2.24, 2.45) is 0 Å². The normalized spacial score (nSPS) is 9.73. The Morgan fingerprint density at radius 2 is 1.69 bits per heavy atom. The number of hydrogen-bond acceptors (Lipinski definition) is 3. The molecule has 5 nitrogen and oxygen atoms in total. The van der Waals surface area contributed by atoms with Crippen LogP contribution in [0.2, 0.25) is 0 Å². The molecule has 0 unspecified atom stereocenters. The van der Waals surface area contributed by atoms with Crippen LogP contribution in [0.25, 0.3) is 6.08 Å². The Balaban J connectivity index is 0. The van der Waals surface area contributed by atoms with E-state index < -0.39 is 11.9 Å². The fourth-order valence-corrected chi connectivity index (χ4v) is 1.45. The number of aliphatic hydroxyl groups is 1. The molecule has 1 aromatic rings. The first-order valence-electron chi connectivity index (χ1n) is 8.39. The number of aliphatic carboxylic acids is 2. The Morgan fingerprint density at radius 1 is 1.12 bits per heavy atom. The number of carbonyl (C=O) groups is 2. The molecule has 0 heterocycles. The van der Waals surface area contributed by atoms with E-state index in [1.54, 1.807) is 0 Å². The maximum Gasteiger partial charge on any atom is 0.330 e. The lowest BCUT2D eigenvalue weighted by atomic mass is 10.1. The molecule has 0 aliphatic carbocycles. The Kier molecular flexibility index (Phi) is 16.9. The summed E-state index contributed by atoms with van der Waals surface area (Å²) in [7, 11) is 0. The number of unbranched alkanes of at least 4 members (excludes halogenated alkanes) is 1. The lowest BCUT2D eigenvalue weighted by molar-refractivity contribution is -0.133. The molecule has 0 amide bonds. The van der Waals surface area contributed by atoms with Crippen LogP contribution in [0.1, 0.15) is 45.1 Å². The van der Waals surface area contributed by atoms with Crippen LogP contribution in [-0.4, -0.2) is 33.9 Å². The first-order chi connectivity index (χ1) is 12.3. The minimum absolute atomic E-state index is 0.00458. The molecular weight excluding hydrogens is 332 g/mol. The van der Waals surface area contributed by atoms with Gasteiger partial charge in [-0.05, 0) is 31.7 Å². The van der Waals surface area contributed by atoms with Crippen LogP contribution in [0.3, 0.4) is 0 Å². The molecule has 0 atom stereocenters. The van der Waals surface area contributed by atoms with Gasteiger partial charge >= 0.3 is 11.9 Å². The molecule has 0 fully saturated rings. The second-order valence-electron chi connectivity index (χ2n) is 5.33. The van der Waals surface area contributed by atoms with Gasteiger partial charge in [0.15, 0.2) is 0 Å². The molecule has 0 bridgehead atoms.